The number of ether oxygens (including phenoxy) is 1. The minimum Gasteiger partial charge on any atom is -0.494 e. The summed E-state index contributed by atoms with van der Waals surface area (Å²) < 4.78 is 4.86. The summed E-state index contributed by atoms with van der Waals surface area (Å²) in [5, 5.41) is 12.8. The van der Waals surface area contributed by atoms with Crippen LogP contribution in [0.1, 0.15) is 27.0 Å². The van der Waals surface area contributed by atoms with Crippen LogP contribution in [-0.4, -0.2) is 82.8 Å². The molecule has 0 saturated carbocycles. The van der Waals surface area contributed by atoms with E-state index in [1.165, 1.54) is 7.11 Å². The van der Waals surface area contributed by atoms with Gasteiger partial charge in [0.05, 0.1) is 36.1 Å². The number of carbonyl (C=O) groups is 2. The number of fused-ring (bicyclic) bond motifs is 2. The number of nitrogens with one attached hydrogen (secondary N) is 2. The molecule has 1 aliphatic rings. The molecule has 3 N–H and O–H groups in total. The van der Waals surface area contributed by atoms with Gasteiger partial charge in [-0.05, 0) is 55.1 Å². The number of hydrogen-bond acceptors (Lipinski definition) is 6. The van der Waals surface area contributed by atoms with Crippen LogP contribution >= 0.6 is 0 Å². The van der Waals surface area contributed by atoms with Crippen LogP contribution in [0.3, 0.4) is 0 Å². The van der Waals surface area contributed by atoms with E-state index in [4.69, 9.17) is 9.73 Å². The van der Waals surface area contributed by atoms with E-state index in [-0.39, 0.29) is 11.8 Å². The summed E-state index contributed by atoms with van der Waals surface area (Å²) in [7, 11) is 3.40. The molecule has 5 aromatic rings. The molecule has 1 saturated heterocycles. The number of esters is 1. The number of benzene rings is 3. The number of nitrogens with zero attached hydrogens (tertiary/aromatic N) is 3. The summed E-state index contributed by atoms with van der Waals surface area (Å²) in [4.78, 5) is 40.3. The molecule has 2 aromatic heterocycles. The maximum absolute atomic E-state index is 12.8. The second kappa shape index (κ2) is 10.9. The maximum Gasteiger partial charge on any atom is 0.337 e. The number of likely N-dealkylation sites (N-methyl/N-ethyl adjacent to an activating group) is 1. The van der Waals surface area contributed by atoms with Crippen molar-refractivity contribution in [3.05, 3.63) is 95.2 Å². The molecule has 1 fully saturated rings. The van der Waals surface area contributed by atoms with E-state index in [1.807, 2.05) is 59.6 Å². The fourth-order valence-electron chi connectivity index (χ4n) is 5.29. The molecule has 0 bridgehead atoms. The summed E-state index contributed by atoms with van der Waals surface area (Å²) in [6, 6.07) is 20.7. The van der Waals surface area contributed by atoms with Crippen LogP contribution in [0.25, 0.3) is 21.8 Å². The number of aromatic nitrogens is 2. The summed E-state index contributed by atoms with van der Waals surface area (Å²) >= 11 is 0. The van der Waals surface area contributed by atoms with Crippen LogP contribution < -0.4 is 0 Å². The van der Waals surface area contributed by atoms with Gasteiger partial charge in [-0.2, -0.15) is 0 Å². The van der Waals surface area contributed by atoms with E-state index in [2.05, 4.69) is 21.9 Å². The maximum atomic E-state index is 12.8. The van der Waals surface area contributed by atoms with Gasteiger partial charge in [0.15, 0.2) is 5.88 Å². The first-order chi connectivity index (χ1) is 19.9. The zero-order valence-electron chi connectivity index (χ0n) is 23.0. The van der Waals surface area contributed by atoms with Crippen LogP contribution in [0.15, 0.2) is 77.9 Å². The Bertz CT molecular complexity index is 1780. The van der Waals surface area contributed by atoms with Crippen molar-refractivity contribution < 1.29 is 19.4 Å². The van der Waals surface area contributed by atoms with Gasteiger partial charge in [-0.25, -0.2) is 9.79 Å². The van der Waals surface area contributed by atoms with Crippen molar-refractivity contribution in [2.24, 2.45) is 4.99 Å². The highest BCUT2D eigenvalue weighted by Crippen LogP contribution is 2.33. The predicted octanol–water partition coefficient (Wildman–Crippen LogP) is 4.63. The molecular formula is C32H31N5O4. The van der Waals surface area contributed by atoms with Crippen LogP contribution in [0.4, 0.5) is 5.69 Å². The van der Waals surface area contributed by atoms with Gasteiger partial charge >= 0.3 is 5.97 Å². The lowest BCUT2D eigenvalue weighted by Crippen LogP contribution is -2.47. The van der Waals surface area contributed by atoms with E-state index >= 15 is 0 Å². The Morgan fingerprint density at radius 1 is 0.927 bits per heavy atom. The Morgan fingerprint density at radius 2 is 1.68 bits per heavy atom. The van der Waals surface area contributed by atoms with Crippen molar-refractivity contribution in [1.82, 2.24) is 19.8 Å². The number of rotatable bonds is 6. The fourth-order valence-corrected chi connectivity index (χ4v) is 5.29. The number of aromatic hydroxyl groups is 1. The summed E-state index contributed by atoms with van der Waals surface area (Å²) in [5.41, 5.74) is 5.49. The molecule has 6 rings (SSSR count). The zero-order valence-corrected chi connectivity index (χ0v) is 23.0. The number of carbonyl (C=O) groups excluding carboxylic acids is 2. The smallest absolute Gasteiger partial charge is 0.337 e. The average molecular weight is 550 g/mol. The minimum atomic E-state index is -0.458. The second-order valence-corrected chi connectivity index (χ2v) is 10.4. The monoisotopic (exact) mass is 549 g/mol. The van der Waals surface area contributed by atoms with Crippen LogP contribution in [0.5, 0.6) is 5.88 Å². The van der Waals surface area contributed by atoms with E-state index in [1.54, 1.807) is 18.2 Å². The first-order valence-corrected chi connectivity index (χ1v) is 13.5. The number of hydrogen-bond donors (Lipinski definition) is 3. The predicted molar refractivity (Wildman–Crippen MR) is 159 cm³/mol. The van der Waals surface area contributed by atoms with Crippen molar-refractivity contribution in [3.8, 4) is 5.88 Å². The standard InChI is InChI=1S/C32H31N5O4/c1-36-13-15-37(16-14-36)28(38)17-20-3-7-24(8-4-20)34-30(22-6-10-26-21(18-22)11-12-33-26)29-25-9-5-23(32(40)41-2)19-27(25)35-31(29)39/h3-12,18-19,33,35,39H,13-17H2,1-2H3. The number of H-pyrrole nitrogens is 2. The Hall–Kier alpha value is -4.89. The molecule has 9 nitrogen and oxygen atoms in total. The summed E-state index contributed by atoms with van der Waals surface area (Å²) in [6.07, 6.45) is 2.22. The first kappa shape index (κ1) is 26.3. The van der Waals surface area contributed by atoms with Gasteiger partial charge in [0.2, 0.25) is 5.91 Å². The second-order valence-electron chi connectivity index (χ2n) is 10.4. The van der Waals surface area contributed by atoms with Gasteiger partial charge in [0.1, 0.15) is 0 Å². The molecule has 208 valence electrons. The Morgan fingerprint density at radius 3 is 2.44 bits per heavy atom. The summed E-state index contributed by atoms with van der Waals surface area (Å²) in [5.74, 6) is -0.380. The molecule has 3 aromatic carbocycles. The molecular weight excluding hydrogens is 518 g/mol. The van der Waals surface area contributed by atoms with E-state index in [0.29, 0.717) is 34.5 Å². The SMILES string of the molecule is COC(=O)c1ccc2c(C(=Nc3ccc(CC(=O)N4CCN(C)CC4)cc3)c3ccc4[nH]ccc4c3)c(O)[nH]c2c1. The molecule has 9 heteroatoms. The molecule has 0 atom stereocenters. The highest BCUT2D eigenvalue weighted by Gasteiger charge is 2.21. The van der Waals surface area contributed by atoms with Gasteiger partial charge in [-0.15, -0.1) is 0 Å². The van der Waals surface area contributed by atoms with Crippen molar-refractivity contribution in [1.29, 1.82) is 0 Å². The van der Waals surface area contributed by atoms with E-state index in [0.717, 1.165) is 53.6 Å². The largest absolute Gasteiger partial charge is 0.494 e. The minimum absolute atomic E-state index is 0.0516. The van der Waals surface area contributed by atoms with Gasteiger partial charge < -0.3 is 29.6 Å². The lowest BCUT2D eigenvalue weighted by Gasteiger charge is -2.32. The average Bonchev–Trinajstić information content (AvgIpc) is 3.59. The normalized spacial score (nSPS) is 14.6. The lowest BCUT2D eigenvalue weighted by molar-refractivity contribution is -0.132. The molecule has 0 aliphatic carbocycles. The summed E-state index contributed by atoms with van der Waals surface area (Å²) in [6.45, 7) is 3.28. The highest BCUT2D eigenvalue weighted by atomic mass is 16.5. The number of amides is 1. The van der Waals surface area contributed by atoms with Crippen LogP contribution in [-0.2, 0) is 16.0 Å². The fraction of sp³-hybridized carbons (Fsp3) is 0.219. The third-order valence-corrected chi connectivity index (χ3v) is 7.65. The van der Waals surface area contributed by atoms with Crippen molar-refractivity contribution in [3.63, 3.8) is 0 Å². The first-order valence-electron chi connectivity index (χ1n) is 13.5. The molecule has 3 heterocycles. The molecule has 41 heavy (non-hydrogen) atoms. The molecule has 0 unspecified atom stereocenters. The van der Waals surface area contributed by atoms with Crippen LogP contribution in [0.2, 0.25) is 0 Å². The quantitative estimate of drug-likeness (QED) is 0.211. The zero-order chi connectivity index (χ0) is 28.5. The number of methoxy groups -OCH3 is 1. The van der Waals surface area contributed by atoms with Gasteiger partial charge in [-0.1, -0.05) is 24.3 Å². The van der Waals surface area contributed by atoms with Crippen molar-refractivity contribution >= 4 is 45.1 Å². The third-order valence-electron chi connectivity index (χ3n) is 7.65. The molecule has 0 radical (unpaired) electrons. The van der Waals surface area contributed by atoms with Gasteiger partial charge in [0.25, 0.3) is 0 Å². The van der Waals surface area contributed by atoms with E-state index in [9.17, 15) is 14.7 Å². The van der Waals surface area contributed by atoms with E-state index < -0.39 is 5.97 Å². The van der Waals surface area contributed by atoms with Crippen LogP contribution in [0, 0.1) is 0 Å². The Balaban J connectivity index is 1.37. The Kier molecular flexibility index (Phi) is 7.03. The number of piperazine rings is 1. The van der Waals surface area contributed by atoms with Crippen molar-refractivity contribution in [2.75, 3.05) is 40.3 Å². The molecule has 1 amide bonds. The number of aliphatic imine (C=N–C) groups is 1. The number of aromatic amines is 2. The molecule has 1 aliphatic heterocycles. The Labute approximate surface area is 237 Å². The third kappa shape index (κ3) is 5.31. The topological polar surface area (TPSA) is 114 Å². The molecule has 0 spiro atoms. The van der Waals surface area contributed by atoms with Gasteiger partial charge in [0, 0.05) is 59.7 Å². The highest BCUT2D eigenvalue weighted by molar-refractivity contribution is 6.22. The van der Waals surface area contributed by atoms with Gasteiger partial charge in [-0.3, -0.25) is 4.79 Å². The van der Waals surface area contributed by atoms with Crippen molar-refractivity contribution in [2.45, 2.75) is 6.42 Å². The lowest BCUT2D eigenvalue weighted by atomic mass is 9.99.